The molecule has 0 spiro atoms. The van der Waals surface area contributed by atoms with E-state index in [1.165, 1.54) is 0 Å². The van der Waals surface area contributed by atoms with Gasteiger partial charge in [-0.15, -0.1) is 0 Å². The number of aromatic nitrogens is 4. The van der Waals surface area contributed by atoms with E-state index in [2.05, 4.69) is 38.2 Å². The van der Waals surface area contributed by atoms with Gasteiger partial charge in [-0.1, -0.05) is 6.07 Å². The van der Waals surface area contributed by atoms with Gasteiger partial charge in [-0.25, -0.2) is 15.0 Å². The highest BCUT2D eigenvalue weighted by molar-refractivity contribution is 5.91. The smallest absolute Gasteiger partial charge is 0.182 e. The first-order valence-electron chi connectivity index (χ1n) is 11.1. The van der Waals surface area contributed by atoms with E-state index in [1.807, 2.05) is 24.4 Å². The fourth-order valence-electron chi connectivity index (χ4n) is 4.53. The maximum absolute atomic E-state index is 10.0. The van der Waals surface area contributed by atoms with Gasteiger partial charge in [0.2, 0.25) is 0 Å². The van der Waals surface area contributed by atoms with Crippen molar-refractivity contribution in [2.75, 3.05) is 37.0 Å². The molecule has 0 aliphatic carbocycles. The molecule has 4 aromatic rings. The number of nitrogens with one attached hydrogen (secondary N) is 2. The third-order valence-corrected chi connectivity index (χ3v) is 6.41. The summed E-state index contributed by atoms with van der Waals surface area (Å²) in [6.07, 6.45) is 3.83. The van der Waals surface area contributed by atoms with Crippen LogP contribution >= 0.6 is 0 Å². The molecule has 0 amide bonds. The van der Waals surface area contributed by atoms with Crippen LogP contribution in [0.2, 0.25) is 0 Å². The number of pyridine rings is 1. The number of hydrogen-bond acceptors (Lipinski definition) is 8. The lowest BCUT2D eigenvalue weighted by Crippen LogP contribution is -2.45. The first kappa shape index (κ1) is 21.4. The van der Waals surface area contributed by atoms with Gasteiger partial charge in [0, 0.05) is 37.1 Å². The van der Waals surface area contributed by atoms with Crippen LogP contribution < -0.4 is 15.0 Å². The SMILES string of the molecule is COc1ccc(CNc2cnc3ccc(N4CC[C@@H](O)C(CO)C4)nc3n2)c2c(C)c[nH]c12. The Morgan fingerprint density at radius 1 is 1.24 bits per heavy atom. The molecule has 0 bridgehead atoms. The molecule has 1 aromatic carbocycles. The molecular formula is C24H28N6O3. The lowest BCUT2D eigenvalue weighted by molar-refractivity contribution is 0.0524. The Morgan fingerprint density at radius 3 is 2.94 bits per heavy atom. The zero-order valence-electron chi connectivity index (χ0n) is 18.7. The molecule has 1 fully saturated rings. The van der Waals surface area contributed by atoms with Gasteiger partial charge in [-0.05, 0) is 42.7 Å². The Balaban J connectivity index is 1.38. The number of fused-ring (bicyclic) bond motifs is 2. The number of aliphatic hydroxyl groups is 2. The van der Waals surface area contributed by atoms with Crippen molar-refractivity contribution in [2.24, 2.45) is 5.92 Å². The third-order valence-electron chi connectivity index (χ3n) is 6.41. The summed E-state index contributed by atoms with van der Waals surface area (Å²) in [5, 5.41) is 24.1. The summed E-state index contributed by atoms with van der Waals surface area (Å²) in [4.78, 5) is 19.3. The van der Waals surface area contributed by atoms with E-state index >= 15 is 0 Å². The molecule has 1 unspecified atom stereocenters. The highest BCUT2D eigenvalue weighted by Crippen LogP contribution is 2.30. The number of ether oxygens (including phenoxy) is 1. The number of rotatable bonds is 6. The summed E-state index contributed by atoms with van der Waals surface area (Å²) in [6, 6.07) is 7.84. The zero-order chi connectivity index (χ0) is 22.9. The summed E-state index contributed by atoms with van der Waals surface area (Å²) >= 11 is 0. The van der Waals surface area contributed by atoms with E-state index in [0.717, 1.165) is 33.6 Å². The Kier molecular flexibility index (Phi) is 5.74. The molecule has 4 heterocycles. The minimum Gasteiger partial charge on any atom is -0.495 e. The number of aromatic amines is 1. The second-order valence-electron chi connectivity index (χ2n) is 8.51. The highest BCUT2D eigenvalue weighted by Gasteiger charge is 2.28. The van der Waals surface area contributed by atoms with Crippen LogP contribution in [0, 0.1) is 12.8 Å². The fourth-order valence-corrected chi connectivity index (χ4v) is 4.53. The number of nitrogens with zero attached hydrogens (tertiary/aromatic N) is 4. The Bertz CT molecular complexity index is 1290. The van der Waals surface area contributed by atoms with Gasteiger partial charge in [-0.3, -0.25) is 0 Å². The lowest BCUT2D eigenvalue weighted by Gasteiger charge is -2.36. The summed E-state index contributed by atoms with van der Waals surface area (Å²) in [5.74, 6) is 2.07. The molecule has 1 aliphatic heterocycles. The second kappa shape index (κ2) is 8.84. The van der Waals surface area contributed by atoms with Crippen molar-refractivity contribution in [2.45, 2.75) is 26.0 Å². The molecule has 5 rings (SSSR count). The number of piperidine rings is 1. The predicted octanol–water partition coefficient (Wildman–Crippen LogP) is 2.61. The molecule has 1 saturated heterocycles. The molecule has 9 heteroatoms. The number of methoxy groups -OCH3 is 1. The van der Waals surface area contributed by atoms with Crippen molar-refractivity contribution in [1.29, 1.82) is 0 Å². The largest absolute Gasteiger partial charge is 0.495 e. The molecule has 3 aromatic heterocycles. The van der Waals surface area contributed by atoms with Gasteiger partial charge in [0.25, 0.3) is 0 Å². The molecule has 2 atom stereocenters. The maximum Gasteiger partial charge on any atom is 0.182 e. The standard InChI is InChI=1S/C24H28N6O3/c1-14-9-27-23-19(33-2)5-3-15(22(14)23)10-26-20-11-25-17-4-6-21(29-24(17)28-20)30-8-7-18(32)16(12-30)13-31/h3-6,9,11,16,18,27,31-32H,7-8,10,12-13H2,1-2H3,(H,26,28,29)/t16?,18-/m1/s1. The summed E-state index contributed by atoms with van der Waals surface area (Å²) in [5.41, 5.74) is 4.55. The number of aryl methyl sites for hydroxylation is 1. The van der Waals surface area contributed by atoms with Crippen molar-refractivity contribution >= 4 is 33.7 Å². The van der Waals surface area contributed by atoms with Crippen molar-refractivity contribution < 1.29 is 14.9 Å². The van der Waals surface area contributed by atoms with Gasteiger partial charge in [-0.2, -0.15) is 0 Å². The fraction of sp³-hybridized carbons (Fsp3) is 0.375. The van der Waals surface area contributed by atoms with Crippen LogP contribution in [0.15, 0.2) is 36.7 Å². The van der Waals surface area contributed by atoms with E-state index < -0.39 is 6.10 Å². The molecule has 172 valence electrons. The van der Waals surface area contributed by atoms with Crippen molar-refractivity contribution in [3.63, 3.8) is 0 Å². The molecule has 4 N–H and O–H groups in total. The normalized spacial score (nSPS) is 18.7. The minimum atomic E-state index is -0.476. The third kappa shape index (κ3) is 4.05. The molecular weight excluding hydrogens is 420 g/mol. The Hall–Kier alpha value is -3.43. The second-order valence-corrected chi connectivity index (χ2v) is 8.51. The van der Waals surface area contributed by atoms with Gasteiger partial charge in [0.1, 0.15) is 22.9 Å². The highest BCUT2D eigenvalue weighted by atomic mass is 16.5. The summed E-state index contributed by atoms with van der Waals surface area (Å²) < 4.78 is 5.47. The predicted molar refractivity (Wildman–Crippen MR) is 128 cm³/mol. The molecule has 0 radical (unpaired) electrons. The molecule has 9 nitrogen and oxygen atoms in total. The van der Waals surface area contributed by atoms with Gasteiger partial charge >= 0.3 is 0 Å². The number of H-pyrrole nitrogens is 1. The van der Waals surface area contributed by atoms with Crippen LogP contribution in [-0.2, 0) is 6.54 Å². The van der Waals surface area contributed by atoms with Crippen LogP contribution in [0.5, 0.6) is 5.75 Å². The molecule has 0 saturated carbocycles. The number of hydrogen-bond donors (Lipinski definition) is 4. The van der Waals surface area contributed by atoms with Crippen LogP contribution in [0.4, 0.5) is 11.6 Å². The number of benzene rings is 1. The van der Waals surface area contributed by atoms with Crippen LogP contribution in [-0.4, -0.2) is 63.1 Å². The average molecular weight is 449 g/mol. The van der Waals surface area contributed by atoms with Gasteiger partial charge in [0.15, 0.2) is 5.65 Å². The number of aliphatic hydroxyl groups excluding tert-OH is 2. The van der Waals surface area contributed by atoms with Crippen molar-refractivity contribution in [3.8, 4) is 5.75 Å². The Labute approximate surface area is 191 Å². The Morgan fingerprint density at radius 2 is 2.12 bits per heavy atom. The summed E-state index contributed by atoms with van der Waals surface area (Å²) in [7, 11) is 1.67. The van der Waals surface area contributed by atoms with Crippen LogP contribution in [0.3, 0.4) is 0 Å². The number of anilines is 2. The van der Waals surface area contributed by atoms with E-state index in [1.54, 1.807) is 13.3 Å². The molecule has 33 heavy (non-hydrogen) atoms. The van der Waals surface area contributed by atoms with Crippen LogP contribution in [0.25, 0.3) is 22.1 Å². The lowest BCUT2D eigenvalue weighted by atomic mass is 9.95. The quantitative estimate of drug-likeness (QED) is 0.355. The molecule has 1 aliphatic rings. The van der Waals surface area contributed by atoms with Crippen LogP contribution in [0.1, 0.15) is 17.5 Å². The van der Waals surface area contributed by atoms with E-state index in [9.17, 15) is 10.2 Å². The van der Waals surface area contributed by atoms with Gasteiger partial charge in [0.05, 0.1) is 31.5 Å². The van der Waals surface area contributed by atoms with E-state index in [4.69, 9.17) is 9.72 Å². The van der Waals surface area contributed by atoms with Gasteiger partial charge < -0.3 is 30.2 Å². The first-order chi connectivity index (χ1) is 16.1. The van der Waals surface area contributed by atoms with Crippen molar-refractivity contribution in [3.05, 3.63) is 47.8 Å². The maximum atomic E-state index is 10.0. The monoisotopic (exact) mass is 448 g/mol. The average Bonchev–Trinajstić information content (AvgIpc) is 3.24. The van der Waals surface area contributed by atoms with E-state index in [-0.39, 0.29) is 12.5 Å². The topological polar surface area (TPSA) is 119 Å². The summed E-state index contributed by atoms with van der Waals surface area (Å²) in [6.45, 7) is 3.86. The van der Waals surface area contributed by atoms with E-state index in [0.29, 0.717) is 43.0 Å². The zero-order valence-corrected chi connectivity index (χ0v) is 18.7. The van der Waals surface area contributed by atoms with Crippen molar-refractivity contribution in [1.82, 2.24) is 19.9 Å². The first-order valence-corrected chi connectivity index (χ1v) is 11.1. The minimum absolute atomic E-state index is 0.0433.